The molecule has 0 amide bonds. The van der Waals surface area contributed by atoms with Gasteiger partial charge in [-0.25, -0.2) is 4.79 Å². The lowest BCUT2D eigenvalue weighted by Gasteiger charge is -2.40. The van der Waals surface area contributed by atoms with Crippen LogP contribution in [0.5, 0.6) is 0 Å². The number of halogens is 1. The number of nitrogens with two attached hydrogens (primary N) is 1. The third kappa shape index (κ3) is 5.40. The molecule has 0 aliphatic heterocycles. The van der Waals surface area contributed by atoms with Crippen LogP contribution >= 0.6 is 12.4 Å². The van der Waals surface area contributed by atoms with Crippen LogP contribution < -0.4 is 5.73 Å². The smallest absolute Gasteiger partial charge is 0.336 e. The van der Waals surface area contributed by atoms with Gasteiger partial charge in [0.15, 0.2) is 0 Å². The standard InChI is InChI=1S/C18H29NO3.ClH/c1-5-11-18(22-14(7-3)8-4)12-9-10-15(16(18)19)17(20)21-13-6-2;/h5-6,14H,1-2,7-13,19H2,3-4H3;1H. The van der Waals surface area contributed by atoms with Gasteiger partial charge in [0.2, 0.25) is 0 Å². The first kappa shape index (κ1) is 21.7. The van der Waals surface area contributed by atoms with Gasteiger partial charge in [0.05, 0.1) is 17.4 Å². The van der Waals surface area contributed by atoms with Crippen molar-refractivity contribution in [1.29, 1.82) is 0 Å². The molecule has 0 spiro atoms. The highest BCUT2D eigenvalue weighted by Gasteiger charge is 2.40. The SMILES string of the molecule is C=CCOC(=O)C1=C(N)C(CC=C)(OC(CC)CC)CCC1.Cl. The average molecular weight is 344 g/mol. The second-order valence-corrected chi connectivity index (χ2v) is 5.68. The Labute approximate surface area is 146 Å². The van der Waals surface area contributed by atoms with Crippen LogP contribution in [0.15, 0.2) is 36.6 Å². The molecule has 0 saturated heterocycles. The highest BCUT2D eigenvalue weighted by atomic mass is 35.5. The molecular weight excluding hydrogens is 314 g/mol. The Hall–Kier alpha value is -1.26. The maximum absolute atomic E-state index is 12.2. The van der Waals surface area contributed by atoms with Gasteiger partial charge in [0, 0.05) is 0 Å². The van der Waals surface area contributed by atoms with Gasteiger partial charge in [0.25, 0.3) is 0 Å². The van der Waals surface area contributed by atoms with E-state index >= 15 is 0 Å². The summed E-state index contributed by atoms with van der Waals surface area (Å²) in [4.78, 5) is 12.2. The molecule has 0 saturated carbocycles. The molecule has 0 aromatic carbocycles. The van der Waals surface area contributed by atoms with Gasteiger partial charge in [-0.3, -0.25) is 0 Å². The fraction of sp³-hybridized carbons (Fsp3) is 0.611. The Morgan fingerprint density at radius 1 is 1.35 bits per heavy atom. The summed E-state index contributed by atoms with van der Waals surface area (Å²) in [6.45, 7) is 11.8. The van der Waals surface area contributed by atoms with Gasteiger partial charge in [-0.15, -0.1) is 19.0 Å². The highest BCUT2D eigenvalue weighted by Crippen LogP contribution is 2.39. The van der Waals surface area contributed by atoms with Crippen LogP contribution in [0.4, 0.5) is 0 Å². The number of esters is 1. The molecule has 0 bridgehead atoms. The molecule has 5 heteroatoms. The molecule has 0 aromatic rings. The third-order valence-corrected chi connectivity index (χ3v) is 4.18. The molecule has 0 fully saturated rings. The number of ether oxygens (including phenoxy) is 2. The van der Waals surface area contributed by atoms with Gasteiger partial charge in [-0.2, -0.15) is 0 Å². The molecule has 2 N–H and O–H groups in total. The first-order valence-corrected chi connectivity index (χ1v) is 8.10. The third-order valence-electron chi connectivity index (χ3n) is 4.18. The minimum absolute atomic E-state index is 0. The maximum Gasteiger partial charge on any atom is 0.336 e. The number of carbonyl (C=O) groups excluding carboxylic acids is 1. The lowest BCUT2D eigenvalue weighted by atomic mass is 9.80. The predicted molar refractivity (Wildman–Crippen MR) is 96.5 cm³/mol. The summed E-state index contributed by atoms with van der Waals surface area (Å²) in [5.74, 6) is -0.362. The number of hydrogen-bond donors (Lipinski definition) is 1. The minimum atomic E-state index is -0.626. The molecule has 0 radical (unpaired) electrons. The molecule has 23 heavy (non-hydrogen) atoms. The van der Waals surface area contributed by atoms with E-state index in [4.69, 9.17) is 15.2 Å². The quantitative estimate of drug-likeness (QED) is 0.506. The van der Waals surface area contributed by atoms with Gasteiger partial charge in [0.1, 0.15) is 12.2 Å². The Bertz CT molecular complexity index is 444. The second-order valence-electron chi connectivity index (χ2n) is 5.68. The highest BCUT2D eigenvalue weighted by molar-refractivity contribution is 5.90. The average Bonchev–Trinajstić information content (AvgIpc) is 2.53. The Morgan fingerprint density at radius 3 is 2.52 bits per heavy atom. The van der Waals surface area contributed by atoms with Crippen LogP contribution in [-0.4, -0.2) is 24.3 Å². The van der Waals surface area contributed by atoms with Crippen LogP contribution in [-0.2, 0) is 14.3 Å². The van der Waals surface area contributed by atoms with E-state index < -0.39 is 5.60 Å². The zero-order valence-electron chi connectivity index (χ0n) is 14.3. The van der Waals surface area contributed by atoms with Gasteiger partial charge in [-0.1, -0.05) is 32.6 Å². The fourth-order valence-electron chi connectivity index (χ4n) is 2.92. The summed E-state index contributed by atoms with van der Waals surface area (Å²) < 4.78 is 11.5. The van der Waals surface area contributed by atoms with E-state index in [2.05, 4.69) is 27.0 Å². The van der Waals surface area contributed by atoms with E-state index in [0.29, 0.717) is 24.1 Å². The van der Waals surface area contributed by atoms with Crippen molar-refractivity contribution in [3.05, 3.63) is 36.6 Å². The van der Waals surface area contributed by atoms with Crippen LogP contribution in [0.3, 0.4) is 0 Å². The molecule has 1 atom stereocenters. The van der Waals surface area contributed by atoms with Crippen molar-refractivity contribution in [2.45, 2.75) is 64.1 Å². The summed E-state index contributed by atoms with van der Waals surface area (Å²) in [5, 5.41) is 0. The second kappa shape index (κ2) is 10.5. The number of carbonyl (C=O) groups is 1. The number of hydrogen-bond acceptors (Lipinski definition) is 4. The first-order chi connectivity index (χ1) is 10.5. The zero-order chi connectivity index (χ0) is 16.6. The molecule has 0 heterocycles. The molecule has 0 aromatic heterocycles. The van der Waals surface area contributed by atoms with E-state index in [1.54, 1.807) is 6.08 Å². The van der Waals surface area contributed by atoms with Gasteiger partial charge >= 0.3 is 5.97 Å². The molecule has 1 aliphatic carbocycles. The van der Waals surface area contributed by atoms with Crippen molar-refractivity contribution >= 4 is 18.4 Å². The number of rotatable bonds is 9. The largest absolute Gasteiger partial charge is 0.458 e. The van der Waals surface area contributed by atoms with E-state index in [1.807, 2.05) is 6.08 Å². The summed E-state index contributed by atoms with van der Waals surface area (Å²) in [7, 11) is 0. The Morgan fingerprint density at radius 2 is 2.00 bits per heavy atom. The summed E-state index contributed by atoms with van der Waals surface area (Å²) in [5.41, 5.74) is 6.79. The van der Waals surface area contributed by atoms with Crippen molar-refractivity contribution in [1.82, 2.24) is 0 Å². The zero-order valence-corrected chi connectivity index (χ0v) is 15.1. The topological polar surface area (TPSA) is 61.5 Å². The van der Waals surface area contributed by atoms with Crippen molar-refractivity contribution < 1.29 is 14.3 Å². The van der Waals surface area contributed by atoms with E-state index in [9.17, 15) is 4.79 Å². The maximum atomic E-state index is 12.2. The molecule has 1 aliphatic rings. The Kier molecular flexibility index (Phi) is 9.93. The van der Waals surface area contributed by atoms with Crippen molar-refractivity contribution in [2.24, 2.45) is 5.73 Å². The van der Waals surface area contributed by atoms with Crippen LogP contribution in [0.2, 0.25) is 0 Å². The lowest BCUT2D eigenvalue weighted by Crippen LogP contribution is -2.45. The first-order valence-electron chi connectivity index (χ1n) is 8.10. The van der Waals surface area contributed by atoms with E-state index in [0.717, 1.165) is 25.7 Å². The van der Waals surface area contributed by atoms with Crippen molar-refractivity contribution in [2.75, 3.05) is 6.61 Å². The van der Waals surface area contributed by atoms with Gasteiger partial charge < -0.3 is 15.2 Å². The molecule has 1 rings (SSSR count). The summed E-state index contributed by atoms with van der Waals surface area (Å²) in [6.07, 6.45) is 8.22. The molecule has 132 valence electrons. The van der Waals surface area contributed by atoms with E-state index in [-0.39, 0.29) is 31.1 Å². The molecule has 1 unspecified atom stereocenters. The molecule has 4 nitrogen and oxygen atoms in total. The normalized spacial score (nSPS) is 20.8. The van der Waals surface area contributed by atoms with Crippen molar-refractivity contribution in [3.8, 4) is 0 Å². The fourth-order valence-corrected chi connectivity index (χ4v) is 2.92. The van der Waals surface area contributed by atoms with Crippen LogP contribution in [0.1, 0.15) is 52.4 Å². The van der Waals surface area contributed by atoms with Crippen LogP contribution in [0, 0.1) is 0 Å². The minimum Gasteiger partial charge on any atom is -0.458 e. The van der Waals surface area contributed by atoms with E-state index in [1.165, 1.54) is 0 Å². The summed E-state index contributed by atoms with van der Waals surface area (Å²) >= 11 is 0. The molecular formula is C18H30ClNO3. The monoisotopic (exact) mass is 343 g/mol. The van der Waals surface area contributed by atoms with Gasteiger partial charge in [-0.05, 0) is 38.5 Å². The van der Waals surface area contributed by atoms with Crippen LogP contribution in [0.25, 0.3) is 0 Å². The predicted octanol–water partition coefficient (Wildman–Crippen LogP) is 4.05. The summed E-state index contributed by atoms with van der Waals surface area (Å²) in [6, 6.07) is 0. The lowest BCUT2D eigenvalue weighted by molar-refractivity contribution is -0.139. The van der Waals surface area contributed by atoms with Crippen molar-refractivity contribution in [3.63, 3.8) is 0 Å². The Balaban J connectivity index is 0.00000484.